The van der Waals surface area contributed by atoms with Crippen molar-refractivity contribution in [2.75, 3.05) is 0 Å². The Hall–Kier alpha value is -8.93. The zero-order valence-corrected chi connectivity index (χ0v) is 38.7. The second-order valence-corrected chi connectivity index (χ2v) is 15.9. The predicted octanol–water partition coefficient (Wildman–Crippen LogP) is 6.65. The van der Waals surface area contributed by atoms with E-state index in [4.69, 9.17) is 30.3 Å². The van der Waals surface area contributed by atoms with Gasteiger partial charge >= 0.3 is 24.3 Å². The number of nitrogens with zero attached hydrogens (tertiary/aromatic N) is 8. The molecule has 3 radical (unpaired) electrons. The molecule has 3 N–H and O–H groups in total. The van der Waals surface area contributed by atoms with E-state index in [-0.39, 0.29) is 59.1 Å². The number of hydrogen-bond acceptors (Lipinski definition) is 11. The maximum absolute atomic E-state index is 13.8. The molecule has 343 valence electrons. The van der Waals surface area contributed by atoms with E-state index < -0.39 is 34.1 Å². The average Bonchev–Trinajstić information content (AvgIpc) is 3.34. The molecule has 0 bridgehead atoms. The molecule has 17 nitrogen and oxygen atoms in total. The monoisotopic (exact) mass is 920 g/mol. The molecular formula is C50H46B2N11O6. The second-order valence-electron chi connectivity index (χ2n) is 15.9. The fourth-order valence-corrected chi connectivity index (χ4v) is 7.43. The standard InChI is InChI=1S/C25H23N5O3.C25H21N5O3.BHN.BH/c2*1-15(2)21-22(23(31)19-11-16(3)10-17(12-19)6-5-8-26)30(25(33)29-24(21)32)14-18-7-9-28-20(13-18)27-4;1-2;/h7,9-13,15H,5-6,14H2,1-3H3,(H,29,32,33);5-7,9-13,15H,14H2,1-3H3,(H,29,32,33);2H;1H/b;6-5+;;/i;;;1T. The Morgan fingerprint density at radius 1 is 0.754 bits per heavy atom. The molecule has 19 heteroatoms. The van der Waals surface area contributed by atoms with Gasteiger partial charge in [-0.05, 0) is 116 Å². The van der Waals surface area contributed by atoms with E-state index in [2.05, 4.69) is 51.7 Å². The molecule has 0 aliphatic heterocycles. The van der Waals surface area contributed by atoms with Crippen LogP contribution < -0.4 is 22.5 Å². The molecule has 0 saturated carbocycles. The number of H-pyrrole nitrogens is 2. The number of carbonyl (C=O) groups is 2. The first-order valence-electron chi connectivity index (χ1n) is 21.5. The number of nitriles is 2. The summed E-state index contributed by atoms with van der Waals surface area (Å²) < 4.78 is 7.73. The average molecular weight is 921 g/mol. The quantitative estimate of drug-likeness (QED) is 0.0481. The number of hydrogen-bond donors (Lipinski definition) is 3. The maximum Gasteiger partial charge on any atom is 0.329 e. The summed E-state index contributed by atoms with van der Waals surface area (Å²) in [6.45, 7) is 25.1. The van der Waals surface area contributed by atoms with Crippen molar-refractivity contribution in [1.29, 1.82) is 17.2 Å². The fraction of sp³-hybridized carbons (Fsp3) is 0.240. The fourth-order valence-electron chi connectivity index (χ4n) is 7.43. The molecule has 0 aliphatic carbocycles. The summed E-state index contributed by atoms with van der Waals surface area (Å²) in [6.07, 6.45) is 6.62. The normalized spacial score (nSPS) is 10.4. The molecule has 0 fully saturated rings. The Bertz CT molecular complexity index is 3370. The van der Waals surface area contributed by atoms with Crippen LogP contribution in [0.5, 0.6) is 0 Å². The van der Waals surface area contributed by atoms with Gasteiger partial charge < -0.3 is 9.69 Å². The molecule has 0 aliphatic rings. The van der Waals surface area contributed by atoms with Crippen LogP contribution in [0, 0.1) is 55.0 Å². The van der Waals surface area contributed by atoms with Gasteiger partial charge in [0, 0.05) is 43.1 Å². The molecule has 2 aromatic carbocycles. The Morgan fingerprint density at radius 2 is 1.20 bits per heavy atom. The van der Waals surface area contributed by atoms with Crippen LogP contribution in [-0.4, -0.2) is 58.0 Å². The summed E-state index contributed by atoms with van der Waals surface area (Å²) in [5.41, 5.74) is 2.79. The molecule has 0 atom stereocenters. The zero-order chi connectivity index (χ0) is 52.2. The summed E-state index contributed by atoms with van der Waals surface area (Å²) in [4.78, 5) is 97.7. The minimum absolute atomic E-state index is 0.000683. The molecule has 6 rings (SSSR count). The molecule has 0 amide bonds. The minimum Gasteiger partial charge on any atom is -0.361 e. The molecule has 0 unspecified atom stereocenters. The van der Waals surface area contributed by atoms with E-state index >= 15 is 0 Å². The van der Waals surface area contributed by atoms with Crippen molar-refractivity contribution in [3.05, 3.63) is 211 Å². The number of aromatic amines is 2. The second kappa shape index (κ2) is 25.1. The third kappa shape index (κ3) is 13.6. The molecular weight excluding hydrogens is 872 g/mol. The van der Waals surface area contributed by atoms with E-state index in [1.165, 1.54) is 33.7 Å². The van der Waals surface area contributed by atoms with Gasteiger partial charge in [0.05, 0.1) is 25.2 Å². The van der Waals surface area contributed by atoms with Gasteiger partial charge in [-0.1, -0.05) is 58.5 Å². The van der Waals surface area contributed by atoms with Crippen LogP contribution in [0.15, 0.2) is 98.3 Å². The summed E-state index contributed by atoms with van der Waals surface area (Å²) in [6, 6.07) is 20.8. The van der Waals surface area contributed by atoms with Gasteiger partial charge in [0.2, 0.25) is 11.6 Å². The number of aryl methyl sites for hydroxylation is 3. The van der Waals surface area contributed by atoms with Crippen LogP contribution in [0.1, 0.15) is 123 Å². The van der Waals surface area contributed by atoms with Crippen molar-refractivity contribution in [3.63, 3.8) is 0 Å². The number of ketones is 2. The van der Waals surface area contributed by atoms with Crippen molar-refractivity contribution >= 4 is 45.3 Å². The van der Waals surface area contributed by atoms with Gasteiger partial charge in [0.25, 0.3) is 22.8 Å². The Labute approximate surface area is 402 Å². The third-order valence-corrected chi connectivity index (χ3v) is 10.2. The molecule has 0 spiro atoms. The number of allylic oxidation sites excluding steroid dienone is 1. The first-order chi connectivity index (χ1) is 33.5. The number of rotatable bonds is 13. The van der Waals surface area contributed by atoms with Gasteiger partial charge in [-0.2, -0.15) is 10.5 Å². The number of carbonyl (C=O) groups excluding carboxylic acids is 2. The van der Waals surface area contributed by atoms with Crippen LogP contribution in [0.4, 0.5) is 11.6 Å². The summed E-state index contributed by atoms with van der Waals surface area (Å²) in [5, 5.41) is 23.0. The van der Waals surface area contributed by atoms with Crippen LogP contribution in [0.2, 0.25) is 0 Å². The van der Waals surface area contributed by atoms with Gasteiger partial charge in [-0.3, -0.25) is 38.3 Å². The molecule has 6 aromatic rings. The number of benzene rings is 2. The van der Waals surface area contributed by atoms with Crippen molar-refractivity contribution in [1.82, 2.24) is 29.1 Å². The third-order valence-electron chi connectivity index (χ3n) is 10.2. The van der Waals surface area contributed by atoms with E-state index in [9.17, 15) is 28.8 Å². The smallest absolute Gasteiger partial charge is 0.329 e. The Kier molecular flexibility index (Phi) is 19.2. The van der Waals surface area contributed by atoms with Gasteiger partial charge in [-0.25, -0.2) is 9.59 Å². The molecule has 4 aromatic heterocycles. The van der Waals surface area contributed by atoms with Crippen LogP contribution >= 0.6 is 0 Å². The largest absolute Gasteiger partial charge is 0.361 e. The number of pyridine rings is 2. The Balaban J connectivity index is 0.000000346. The minimum atomic E-state index is -0.717. The SMILES string of the molecule is [3H][B].[B]=N.[C-]#[N+]c1cc(Cn2c(C(=O)c3cc(C)cc(/C=C/C#N)c3)c(C(C)C)c(=O)[nH]c2=O)ccn1.[C-]#[N+]c1cc(Cn2c(C(=O)c3cc(C)cc(CCC#N)c3)c(C(C)C)c(=O)[nH]c2=O)ccn1. The van der Waals surface area contributed by atoms with E-state index in [0.29, 0.717) is 40.7 Å². The summed E-state index contributed by atoms with van der Waals surface area (Å²) >= 11 is 0. The topological polar surface area (TPSA) is 250 Å². The summed E-state index contributed by atoms with van der Waals surface area (Å²) in [5.74, 6) is -1.24. The molecule has 69 heavy (non-hydrogen) atoms. The van der Waals surface area contributed by atoms with Gasteiger partial charge in [-0.15, -0.1) is 9.97 Å². The van der Waals surface area contributed by atoms with Crippen LogP contribution in [-0.2, 0) is 19.5 Å². The first-order valence-corrected chi connectivity index (χ1v) is 20.9. The maximum atomic E-state index is 13.8. The van der Waals surface area contributed by atoms with E-state index in [0.717, 1.165) is 16.7 Å². The van der Waals surface area contributed by atoms with E-state index in [1.54, 1.807) is 76.2 Å². The Morgan fingerprint density at radius 3 is 1.62 bits per heavy atom. The van der Waals surface area contributed by atoms with Crippen molar-refractivity contribution in [3.8, 4) is 12.1 Å². The molecule has 4 heterocycles. The van der Waals surface area contributed by atoms with Crippen molar-refractivity contribution in [2.24, 2.45) is 0 Å². The van der Waals surface area contributed by atoms with Crippen molar-refractivity contribution in [2.45, 2.75) is 79.3 Å². The zero-order valence-electron chi connectivity index (χ0n) is 39.7. The van der Waals surface area contributed by atoms with Crippen LogP contribution in [0.25, 0.3) is 15.8 Å². The van der Waals surface area contributed by atoms with E-state index in [1.807, 2.05) is 32.0 Å². The van der Waals surface area contributed by atoms with Gasteiger partial charge in [0.1, 0.15) is 23.8 Å². The van der Waals surface area contributed by atoms with Crippen molar-refractivity contribution < 1.29 is 9.59 Å². The van der Waals surface area contributed by atoms with Gasteiger partial charge in [0.15, 0.2) is 0 Å². The number of aromatic nitrogens is 6. The number of nitrogens with one attached hydrogen (secondary N) is 3. The first kappa shape index (κ1) is 52.7. The molecule has 0 saturated heterocycles. The summed E-state index contributed by atoms with van der Waals surface area (Å²) in [7, 11) is 7.50. The van der Waals surface area contributed by atoms with Crippen LogP contribution in [0.3, 0.4) is 0 Å². The predicted molar refractivity (Wildman–Crippen MR) is 263 cm³/mol.